The van der Waals surface area contributed by atoms with Gasteiger partial charge in [0.25, 0.3) is 5.69 Å². The maximum Gasteiger partial charge on any atom is 0.269 e. The van der Waals surface area contributed by atoms with Crippen molar-refractivity contribution in [3.63, 3.8) is 0 Å². The predicted octanol–water partition coefficient (Wildman–Crippen LogP) is 3.13. The SMILES string of the molecule is NC1(c2ccc(Cl)cc2)N=C(Nc2ccc([N+](=O)[O-])cc2)NC(=NCc2ccco2)N1. The number of aliphatic imine (C=N–C) groups is 2. The average Bonchev–Trinajstić information content (AvgIpc) is 3.26. The topological polar surface area (TPSA) is 143 Å². The van der Waals surface area contributed by atoms with Crippen molar-refractivity contribution < 1.29 is 9.34 Å². The van der Waals surface area contributed by atoms with Crippen molar-refractivity contribution in [2.24, 2.45) is 15.7 Å². The third-order valence-corrected chi connectivity index (χ3v) is 4.68. The Kier molecular flexibility index (Phi) is 5.56. The first kappa shape index (κ1) is 20.4. The van der Waals surface area contributed by atoms with E-state index in [1.165, 1.54) is 12.1 Å². The number of guanidine groups is 2. The van der Waals surface area contributed by atoms with E-state index in [0.717, 1.165) is 0 Å². The summed E-state index contributed by atoms with van der Waals surface area (Å²) in [6.07, 6.45) is 1.57. The van der Waals surface area contributed by atoms with Crippen molar-refractivity contribution in [2.45, 2.75) is 12.3 Å². The Morgan fingerprint density at radius 2 is 1.94 bits per heavy atom. The van der Waals surface area contributed by atoms with Crippen LogP contribution in [0.25, 0.3) is 0 Å². The van der Waals surface area contributed by atoms with Crippen molar-refractivity contribution in [3.05, 3.63) is 93.4 Å². The molecule has 1 aliphatic heterocycles. The van der Waals surface area contributed by atoms with Gasteiger partial charge < -0.3 is 15.1 Å². The number of benzene rings is 2. The highest BCUT2D eigenvalue weighted by atomic mass is 35.5. The Hall–Kier alpha value is -3.89. The van der Waals surface area contributed by atoms with Crippen LogP contribution < -0.4 is 21.7 Å². The first-order chi connectivity index (χ1) is 14.9. The Morgan fingerprint density at radius 1 is 1.19 bits per heavy atom. The van der Waals surface area contributed by atoms with E-state index in [1.807, 2.05) is 6.07 Å². The number of nitrogens with zero attached hydrogens (tertiary/aromatic N) is 3. The van der Waals surface area contributed by atoms with Crippen molar-refractivity contribution in [2.75, 3.05) is 5.32 Å². The van der Waals surface area contributed by atoms with Crippen LogP contribution in [0.1, 0.15) is 11.3 Å². The zero-order chi connectivity index (χ0) is 21.8. The lowest BCUT2D eigenvalue weighted by Gasteiger charge is -2.34. The number of nitro benzene ring substituents is 1. The van der Waals surface area contributed by atoms with Gasteiger partial charge in [-0.3, -0.25) is 21.2 Å². The van der Waals surface area contributed by atoms with Crippen LogP contribution in [0, 0.1) is 10.1 Å². The molecule has 0 aliphatic carbocycles. The van der Waals surface area contributed by atoms with Crippen LogP contribution in [0.4, 0.5) is 11.4 Å². The number of hydrogen-bond acceptors (Lipinski definition) is 7. The molecule has 0 fully saturated rings. The van der Waals surface area contributed by atoms with Gasteiger partial charge in [0.15, 0.2) is 0 Å². The molecule has 11 heteroatoms. The highest BCUT2D eigenvalue weighted by Gasteiger charge is 2.33. The second-order valence-corrected chi connectivity index (χ2v) is 7.09. The van der Waals surface area contributed by atoms with Crippen LogP contribution in [-0.4, -0.2) is 16.8 Å². The molecule has 0 saturated heterocycles. The van der Waals surface area contributed by atoms with Gasteiger partial charge in [0, 0.05) is 28.4 Å². The van der Waals surface area contributed by atoms with Gasteiger partial charge in [-0.1, -0.05) is 23.7 Å². The zero-order valence-electron chi connectivity index (χ0n) is 16.1. The van der Waals surface area contributed by atoms with Crippen LogP contribution in [0.2, 0.25) is 5.02 Å². The molecule has 0 bridgehead atoms. The monoisotopic (exact) mass is 439 g/mol. The Balaban J connectivity index is 1.63. The number of nitrogens with two attached hydrogens (primary N) is 1. The van der Waals surface area contributed by atoms with Gasteiger partial charge in [0.05, 0.1) is 11.2 Å². The Bertz CT molecular complexity index is 1130. The van der Waals surface area contributed by atoms with Crippen molar-refractivity contribution in [1.29, 1.82) is 0 Å². The van der Waals surface area contributed by atoms with Gasteiger partial charge in [0.2, 0.25) is 17.7 Å². The lowest BCUT2D eigenvalue weighted by atomic mass is 10.1. The molecule has 0 radical (unpaired) electrons. The van der Waals surface area contributed by atoms with E-state index in [0.29, 0.717) is 34.0 Å². The number of nitrogens with one attached hydrogen (secondary N) is 3. The minimum atomic E-state index is -1.33. The van der Waals surface area contributed by atoms with Gasteiger partial charge in [0.1, 0.15) is 12.3 Å². The summed E-state index contributed by atoms with van der Waals surface area (Å²) in [5.41, 5.74) is 7.79. The number of non-ortho nitro benzene ring substituents is 1. The molecule has 4 rings (SSSR count). The fourth-order valence-electron chi connectivity index (χ4n) is 2.90. The molecule has 0 amide bonds. The summed E-state index contributed by atoms with van der Waals surface area (Å²) in [5, 5.41) is 20.6. The normalized spacial score (nSPS) is 19.3. The molecule has 0 saturated carbocycles. The second-order valence-electron chi connectivity index (χ2n) is 6.66. The van der Waals surface area contributed by atoms with E-state index >= 15 is 0 Å². The van der Waals surface area contributed by atoms with E-state index < -0.39 is 10.7 Å². The fourth-order valence-corrected chi connectivity index (χ4v) is 3.02. The molecule has 158 valence electrons. The van der Waals surface area contributed by atoms with Crippen LogP contribution in [0.5, 0.6) is 0 Å². The third-order valence-electron chi connectivity index (χ3n) is 4.43. The lowest BCUT2D eigenvalue weighted by molar-refractivity contribution is -0.384. The Labute approximate surface area is 182 Å². The minimum Gasteiger partial charge on any atom is -0.467 e. The first-order valence-corrected chi connectivity index (χ1v) is 9.57. The molecule has 1 atom stereocenters. The zero-order valence-corrected chi connectivity index (χ0v) is 16.8. The summed E-state index contributed by atoms with van der Waals surface area (Å²) in [6, 6.07) is 16.5. The van der Waals surface area contributed by atoms with Gasteiger partial charge in [-0.05, 0) is 36.4 Å². The molecule has 1 unspecified atom stereocenters. The molecule has 10 nitrogen and oxygen atoms in total. The molecule has 0 spiro atoms. The molecule has 3 aromatic rings. The van der Waals surface area contributed by atoms with Gasteiger partial charge in [-0.25, -0.2) is 9.98 Å². The third kappa shape index (κ3) is 4.82. The summed E-state index contributed by atoms with van der Waals surface area (Å²) in [6.45, 7) is 0.282. The van der Waals surface area contributed by atoms with Crippen molar-refractivity contribution in [3.8, 4) is 0 Å². The standard InChI is InChI=1S/C20H18ClN7O3/c21-14-5-3-13(4-6-14)20(22)26-18(23-12-17-2-1-11-31-17)25-19(27-20)24-15-7-9-16(10-8-15)28(29)30/h1-11H,12,22H2,(H3,23,24,25,26,27). The predicted molar refractivity (Wildman–Crippen MR) is 118 cm³/mol. The maximum atomic E-state index is 10.9. The van der Waals surface area contributed by atoms with E-state index in [9.17, 15) is 10.1 Å². The highest BCUT2D eigenvalue weighted by molar-refractivity contribution is 6.30. The van der Waals surface area contributed by atoms with Crippen molar-refractivity contribution in [1.82, 2.24) is 10.6 Å². The van der Waals surface area contributed by atoms with E-state index in [2.05, 4.69) is 25.9 Å². The second kappa shape index (κ2) is 8.46. The molecule has 5 N–H and O–H groups in total. The summed E-state index contributed by atoms with van der Waals surface area (Å²) in [4.78, 5) is 19.4. The fraction of sp³-hybridized carbons (Fsp3) is 0.100. The molecule has 2 heterocycles. The summed E-state index contributed by atoms with van der Waals surface area (Å²) in [7, 11) is 0. The van der Waals surface area contributed by atoms with Crippen LogP contribution in [0.3, 0.4) is 0 Å². The molecular formula is C20H18ClN7O3. The van der Waals surface area contributed by atoms with Gasteiger partial charge >= 0.3 is 0 Å². The van der Waals surface area contributed by atoms with Crippen LogP contribution >= 0.6 is 11.6 Å². The molecule has 31 heavy (non-hydrogen) atoms. The quantitative estimate of drug-likeness (QED) is 0.353. The van der Waals surface area contributed by atoms with Crippen LogP contribution in [-0.2, 0) is 12.3 Å². The van der Waals surface area contributed by atoms with E-state index in [-0.39, 0.29) is 12.2 Å². The molecule has 1 aliphatic rings. The summed E-state index contributed by atoms with van der Waals surface area (Å²) < 4.78 is 5.32. The average molecular weight is 440 g/mol. The van der Waals surface area contributed by atoms with E-state index in [4.69, 9.17) is 21.8 Å². The van der Waals surface area contributed by atoms with Gasteiger partial charge in [-0.2, -0.15) is 0 Å². The Morgan fingerprint density at radius 3 is 2.58 bits per heavy atom. The number of halogens is 1. The molecule has 1 aromatic heterocycles. The highest BCUT2D eigenvalue weighted by Crippen LogP contribution is 2.22. The van der Waals surface area contributed by atoms with Gasteiger partial charge in [-0.15, -0.1) is 0 Å². The lowest BCUT2D eigenvalue weighted by Crippen LogP contribution is -2.62. The van der Waals surface area contributed by atoms with Crippen LogP contribution in [0.15, 0.2) is 81.3 Å². The number of nitro groups is 1. The first-order valence-electron chi connectivity index (χ1n) is 9.19. The number of rotatable bonds is 5. The number of anilines is 1. The minimum absolute atomic E-state index is 0.0132. The molecular weight excluding hydrogens is 422 g/mol. The largest absolute Gasteiger partial charge is 0.467 e. The number of hydrogen-bond donors (Lipinski definition) is 4. The maximum absolute atomic E-state index is 10.9. The summed E-state index contributed by atoms with van der Waals surface area (Å²) in [5.74, 6) is 0.0233. The van der Waals surface area contributed by atoms with Crippen molar-refractivity contribution >= 4 is 34.9 Å². The number of furan rings is 1. The van der Waals surface area contributed by atoms with E-state index in [1.54, 1.807) is 48.7 Å². The smallest absolute Gasteiger partial charge is 0.269 e. The summed E-state index contributed by atoms with van der Waals surface area (Å²) >= 11 is 6.00. The molecule has 2 aromatic carbocycles.